The van der Waals surface area contributed by atoms with E-state index in [0.29, 0.717) is 16.2 Å². The summed E-state index contributed by atoms with van der Waals surface area (Å²) >= 11 is 5.81. The maximum absolute atomic E-state index is 12.3. The monoisotopic (exact) mass is 297 g/mol. The minimum Gasteiger partial charge on any atom is -0.311 e. The predicted molar refractivity (Wildman–Crippen MR) is 83.6 cm³/mol. The summed E-state index contributed by atoms with van der Waals surface area (Å²) < 4.78 is 0. The molecule has 21 heavy (non-hydrogen) atoms. The molecule has 2 aromatic rings. The Morgan fingerprint density at radius 2 is 1.76 bits per heavy atom. The van der Waals surface area contributed by atoms with E-state index in [-0.39, 0.29) is 11.7 Å². The molecule has 1 aliphatic rings. The SMILES string of the molecule is CN1C(=O)C(=CC(=O)c2ccc(Cl)cc2)c2ccccc21. The quantitative estimate of drug-likeness (QED) is 0.627. The Labute approximate surface area is 127 Å². The molecule has 1 amide bonds. The third-order valence-corrected chi connectivity index (χ3v) is 3.75. The minimum atomic E-state index is -0.208. The number of fused-ring (bicyclic) bond motifs is 1. The second-order valence-corrected chi connectivity index (χ2v) is 5.25. The van der Waals surface area contributed by atoms with Gasteiger partial charge in [-0.1, -0.05) is 29.8 Å². The summed E-state index contributed by atoms with van der Waals surface area (Å²) in [6.07, 6.45) is 1.40. The molecule has 0 fully saturated rings. The molecule has 3 nitrogen and oxygen atoms in total. The maximum Gasteiger partial charge on any atom is 0.258 e. The largest absolute Gasteiger partial charge is 0.311 e. The van der Waals surface area contributed by atoms with Crippen molar-refractivity contribution in [2.45, 2.75) is 0 Å². The van der Waals surface area contributed by atoms with Crippen LogP contribution in [0.15, 0.2) is 54.6 Å². The third kappa shape index (κ3) is 2.36. The van der Waals surface area contributed by atoms with E-state index in [2.05, 4.69) is 0 Å². The molecule has 0 unspecified atom stereocenters. The fraction of sp³-hybridized carbons (Fsp3) is 0.0588. The number of para-hydroxylation sites is 1. The topological polar surface area (TPSA) is 37.4 Å². The number of rotatable bonds is 2. The Hall–Kier alpha value is -2.39. The van der Waals surface area contributed by atoms with Crippen molar-refractivity contribution in [1.82, 2.24) is 0 Å². The van der Waals surface area contributed by atoms with Crippen molar-refractivity contribution in [2.24, 2.45) is 0 Å². The van der Waals surface area contributed by atoms with Gasteiger partial charge in [-0.15, -0.1) is 0 Å². The van der Waals surface area contributed by atoms with Crippen LogP contribution >= 0.6 is 11.6 Å². The number of carbonyl (C=O) groups excluding carboxylic acids is 2. The third-order valence-electron chi connectivity index (χ3n) is 3.49. The van der Waals surface area contributed by atoms with Crippen LogP contribution in [0.5, 0.6) is 0 Å². The maximum atomic E-state index is 12.3. The second-order valence-electron chi connectivity index (χ2n) is 4.81. The van der Waals surface area contributed by atoms with Crippen LogP contribution in [0.2, 0.25) is 5.02 Å². The molecule has 0 atom stereocenters. The van der Waals surface area contributed by atoms with Crippen LogP contribution in [0.3, 0.4) is 0 Å². The first-order chi connectivity index (χ1) is 10.1. The van der Waals surface area contributed by atoms with Crippen LogP contribution in [0, 0.1) is 0 Å². The summed E-state index contributed by atoms with van der Waals surface area (Å²) in [5.74, 6) is -0.376. The number of halogens is 1. The van der Waals surface area contributed by atoms with Crippen molar-refractivity contribution in [3.63, 3.8) is 0 Å². The van der Waals surface area contributed by atoms with Gasteiger partial charge in [-0.3, -0.25) is 9.59 Å². The van der Waals surface area contributed by atoms with Gasteiger partial charge >= 0.3 is 0 Å². The number of likely N-dealkylation sites (N-methyl/N-ethyl adjacent to an activating group) is 1. The van der Waals surface area contributed by atoms with E-state index in [0.717, 1.165) is 11.3 Å². The highest BCUT2D eigenvalue weighted by Gasteiger charge is 2.29. The molecule has 0 saturated carbocycles. The van der Waals surface area contributed by atoms with Crippen molar-refractivity contribution in [2.75, 3.05) is 11.9 Å². The van der Waals surface area contributed by atoms with Crippen LogP contribution in [0.4, 0.5) is 5.69 Å². The van der Waals surface area contributed by atoms with Crippen molar-refractivity contribution in [1.29, 1.82) is 0 Å². The van der Waals surface area contributed by atoms with E-state index in [4.69, 9.17) is 11.6 Å². The van der Waals surface area contributed by atoms with Crippen molar-refractivity contribution >= 4 is 34.6 Å². The Morgan fingerprint density at radius 1 is 1.10 bits per heavy atom. The van der Waals surface area contributed by atoms with Gasteiger partial charge in [0.1, 0.15) is 0 Å². The molecule has 0 bridgehead atoms. The van der Waals surface area contributed by atoms with Gasteiger partial charge in [0.2, 0.25) is 0 Å². The molecule has 0 N–H and O–H groups in total. The molecule has 0 spiro atoms. The molecular weight excluding hydrogens is 286 g/mol. The average molecular weight is 298 g/mol. The first-order valence-electron chi connectivity index (χ1n) is 6.47. The number of amides is 1. The van der Waals surface area contributed by atoms with Crippen LogP contribution in [-0.2, 0) is 4.79 Å². The highest BCUT2D eigenvalue weighted by molar-refractivity contribution is 6.35. The van der Waals surface area contributed by atoms with Crippen LogP contribution in [0.1, 0.15) is 15.9 Å². The Kier molecular flexibility index (Phi) is 3.35. The van der Waals surface area contributed by atoms with Crippen molar-refractivity contribution in [3.05, 3.63) is 70.8 Å². The van der Waals surface area contributed by atoms with Crippen LogP contribution in [-0.4, -0.2) is 18.7 Å². The lowest BCUT2D eigenvalue weighted by molar-refractivity contribution is -0.112. The van der Waals surface area contributed by atoms with Gasteiger partial charge in [-0.25, -0.2) is 0 Å². The Balaban J connectivity index is 2.02. The van der Waals surface area contributed by atoms with Crippen molar-refractivity contribution < 1.29 is 9.59 Å². The van der Waals surface area contributed by atoms with Gasteiger partial charge in [0.15, 0.2) is 5.78 Å². The highest BCUT2D eigenvalue weighted by Crippen LogP contribution is 2.35. The van der Waals surface area contributed by atoms with E-state index < -0.39 is 0 Å². The zero-order chi connectivity index (χ0) is 15.0. The van der Waals surface area contributed by atoms with Gasteiger partial charge in [0, 0.05) is 23.2 Å². The van der Waals surface area contributed by atoms with Gasteiger partial charge < -0.3 is 4.90 Å². The zero-order valence-corrected chi connectivity index (χ0v) is 12.1. The normalized spacial score (nSPS) is 15.4. The fourth-order valence-corrected chi connectivity index (χ4v) is 2.49. The number of hydrogen-bond donors (Lipinski definition) is 0. The van der Waals surface area contributed by atoms with Gasteiger partial charge in [-0.05, 0) is 36.4 Å². The fourth-order valence-electron chi connectivity index (χ4n) is 2.37. The lowest BCUT2D eigenvalue weighted by Gasteiger charge is -2.07. The molecule has 3 rings (SSSR count). The average Bonchev–Trinajstić information content (AvgIpc) is 2.73. The van der Waals surface area contributed by atoms with Crippen LogP contribution in [0.25, 0.3) is 5.57 Å². The summed E-state index contributed by atoms with van der Waals surface area (Å²) in [5, 5.41) is 0.571. The first kappa shape index (κ1) is 13.6. The smallest absolute Gasteiger partial charge is 0.258 e. The van der Waals surface area contributed by atoms with Gasteiger partial charge in [0.25, 0.3) is 5.91 Å². The molecule has 0 aliphatic carbocycles. The van der Waals surface area contributed by atoms with E-state index in [1.807, 2.05) is 24.3 Å². The highest BCUT2D eigenvalue weighted by atomic mass is 35.5. The lowest BCUT2D eigenvalue weighted by Crippen LogP contribution is -2.20. The van der Waals surface area contributed by atoms with Gasteiger partial charge in [-0.2, -0.15) is 0 Å². The predicted octanol–water partition coefficient (Wildman–Crippen LogP) is 3.58. The molecule has 1 heterocycles. The zero-order valence-electron chi connectivity index (χ0n) is 11.3. The van der Waals surface area contributed by atoms with E-state index >= 15 is 0 Å². The van der Waals surface area contributed by atoms with Gasteiger partial charge in [0.05, 0.1) is 11.3 Å². The number of hydrogen-bond acceptors (Lipinski definition) is 2. The number of ketones is 1. The number of nitrogens with zero attached hydrogens (tertiary/aromatic N) is 1. The summed E-state index contributed by atoms with van der Waals surface area (Å²) in [6.45, 7) is 0. The molecule has 104 valence electrons. The minimum absolute atomic E-state index is 0.168. The summed E-state index contributed by atoms with van der Waals surface area (Å²) in [4.78, 5) is 26.1. The molecule has 2 aromatic carbocycles. The van der Waals surface area contributed by atoms with E-state index in [1.54, 1.807) is 36.2 Å². The molecule has 0 saturated heterocycles. The van der Waals surface area contributed by atoms with E-state index in [9.17, 15) is 9.59 Å². The standard InChI is InChI=1S/C17H12ClNO2/c1-19-15-5-3-2-4-13(15)14(17(19)21)10-16(20)11-6-8-12(18)9-7-11/h2-10H,1H3. The molecule has 0 radical (unpaired) electrons. The Morgan fingerprint density at radius 3 is 2.48 bits per heavy atom. The van der Waals surface area contributed by atoms with Crippen molar-refractivity contribution in [3.8, 4) is 0 Å². The summed E-state index contributed by atoms with van der Waals surface area (Å²) in [7, 11) is 1.70. The molecule has 1 aliphatic heterocycles. The van der Waals surface area contributed by atoms with Crippen LogP contribution < -0.4 is 4.90 Å². The first-order valence-corrected chi connectivity index (χ1v) is 6.85. The number of benzene rings is 2. The number of allylic oxidation sites excluding steroid dienone is 1. The molecule has 4 heteroatoms. The summed E-state index contributed by atoms with van der Waals surface area (Å²) in [5.41, 5.74) is 2.53. The van der Waals surface area contributed by atoms with E-state index in [1.165, 1.54) is 6.08 Å². The lowest BCUT2D eigenvalue weighted by atomic mass is 10.0. The number of anilines is 1. The molecular formula is C17H12ClNO2. The second kappa shape index (κ2) is 5.19. The summed E-state index contributed by atoms with van der Waals surface area (Å²) in [6, 6.07) is 14.0. The Bertz CT molecular complexity index is 763. The molecule has 0 aromatic heterocycles. The number of carbonyl (C=O) groups is 2.